The molecule has 2 aromatic heterocycles. The Balaban J connectivity index is 0.000000617. The zero-order valence-corrected chi connectivity index (χ0v) is 10.7. The molecule has 0 aliphatic carbocycles. The number of aryl methyl sites for hydroxylation is 1. The molecule has 0 saturated heterocycles. The summed E-state index contributed by atoms with van der Waals surface area (Å²) in [5, 5.41) is 0.861. The van der Waals surface area contributed by atoms with Gasteiger partial charge >= 0.3 is 19.5 Å². The number of pyridine rings is 2. The fourth-order valence-corrected chi connectivity index (χ4v) is 1.16. The van der Waals surface area contributed by atoms with Crippen LogP contribution in [0.1, 0.15) is 13.8 Å². The second-order valence-corrected chi connectivity index (χ2v) is 2.59. The van der Waals surface area contributed by atoms with Gasteiger partial charge in [-0.05, 0) is 17.8 Å². The van der Waals surface area contributed by atoms with Crippen LogP contribution in [0.3, 0.4) is 0 Å². The molecule has 2 aromatic rings. The van der Waals surface area contributed by atoms with Crippen LogP contribution in [-0.2, 0) is 26.5 Å². The van der Waals surface area contributed by atoms with Gasteiger partial charge in [0, 0.05) is 7.05 Å². The van der Waals surface area contributed by atoms with Gasteiger partial charge in [0.2, 0.25) is 5.56 Å². The fraction of sp³-hybridized carbons (Fsp3) is 0.273. The van der Waals surface area contributed by atoms with Gasteiger partial charge in [-0.2, -0.15) is 0 Å². The van der Waals surface area contributed by atoms with Gasteiger partial charge in [0.05, 0.1) is 0 Å². The molecule has 1 radical (unpaired) electrons. The molecule has 3 nitrogen and oxygen atoms in total. The van der Waals surface area contributed by atoms with Crippen molar-refractivity contribution in [2.75, 3.05) is 0 Å². The number of hydrogen-bond acceptors (Lipinski definition) is 2. The van der Waals surface area contributed by atoms with Gasteiger partial charge in [-0.15, -0.1) is 17.5 Å². The van der Waals surface area contributed by atoms with E-state index in [2.05, 4.69) is 11.2 Å². The van der Waals surface area contributed by atoms with Crippen LogP contribution in [0, 0.1) is 6.20 Å². The fourth-order valence-electron chi connectivity index (χ4n) is 1.16. The molecule has 0 spiro atoms. The topological polar surface area (TPSA) is 34.9 Å². The largest absolute Gasteiger partial charge is 1.00 e. The Bertz CT molecular complexity index is 479. The first-order valence-corrected chi connectivity index (χ1v) is 4.61. The summed E-state index contributed by atoms with van der Waals surface area (Å²) < 4.78 is 1.58. The molecule has 0 aromatic carbocycles. The molecular formula is C11H13N2ORu. The maximum atomic E-state index is 11.2. The molecule has 0 bridgehead atoms. The van der Waals surface area contributed by atoms with Gasteiger partial charge < -0.3 is 9.55 Å². The van der Waals surface area contributed by atoms with Crippen molar-refractivity contribution < 1.29 is 19.5 Å². The molecule has 4 heteroatoms. The molecule has 81 valence electrons. The van der Waals surface area contributed by atoms with Crippen molar-refractivity contribution in [3.05, 3.63) is 40.9 Å². The van der Waals surface area contributed by atoms with E-state index in [1.54, 1.807) is 29.9 Å². The smallest absolute Gasteiger partial charge is 0.360 e. The zero-order valence-electron chi connectivity index (χ0n) is 8.97. The molecule has 2 heterocycles. The molecule has 0 unspecified atom stereocenters. The van der Waals surface area contributed by atoms with Crippen molar-refractivity contribution >= 4 is 10.9 Å². The summed E-state index contributed by atoms with van der Waals surface area (Å²) in [7, 11) is 1.73. The molecular weight excluding hydrogens is 277 g/mol. The average molecular weight is 290 g/mol. The molecule has 0 fully saturated rings. The molecule has 2 rings (SSSR count). The van der Waals surface area contributed by atoms with Crippen molar-refractivity contribution in [3.63, 3.8) is 0 Å². The van der Waals surface area contributed by atoms with E-state index in [0.717, 1.165) is 10.9 Å². The summed E-state index contributed by atoms with van der Waals surface area (Å²) in [6.45, 7) is 4.00. The van der Waals surface area contributed by atoms with Gasteiger partial charge in [-0.3, -0.25) is 4.79 Å². The Morgan fingerprint density at radius 3 is 2.60 bits per heavy atom. The predicted molar refractivity (Wildman–Crippen MR) is 57.2 cm³/mol. The second kappa shape index (κ2) is 6.46. The minimum absolute atomic E-state index is 0. The molecule has 0 saturated carbocycles. The summed E-state index contributed by atoms with van der Waals surface area (Å²) in [4.78, 5) is 15.0. The van der Waals surface area contributed by atoms with E-state index in [0.29, 0.717) is 0 Å². The normalized spacial score (nSPS) is 8.73. The monoisotopic (exact) mass is 291 g/mol. The first-order valence-electron chi connectivity index (χ1n) is 4.61. The van der Waals surface area contributed by atoms with E-state index in [1.165, 1.54) is 6.07 Å². The summed E-state index contributed by atoms with van der Waals surface area (Å²) in [6.07, 6.45) is 4.44. The molecule has 0 aliphatic heterocycles. The van der Waals surface area contributed by atoms with Crippen LogP contribution < -0.4 is 5.56 Å². The standard InChI is InChI=1S/C9H7N2O.C2H6.Ru/c1-11-8-4-5-10-6-7(8)2-3-9(11)12;1-2;/h2-5H,1H3;1-2H3;/q-1;;+1. The Morgan fingerprint density at radius 2 is 1.93 bits per heavy atom. The predicted octanol–water partition coefficient (Wildman–Crippen LogP) is 1.76. The number of nitrogens with zero attached hydrogens (tertiary/aromatic N) is 2. The van der Waals surface area contributed by atoms with Crippen LogP contribution in [0.2, 0.25) is 0 Å². The van der Waals surface area contributed by atoms with E-state index in [9.17, 15) is 4.79 Å². The van der Waals surface area contributed by atoms with Crippen molar-refractivity contribution in [1.82, 2.24) is 9.55 Å². The van der Waals surface area contributed by atoms with Gasteiger partial charge in [0.25, 0.3) is 0 Å². The SMILES string of the molecule is CC.Cn1c(=O)ccc2[c-]nccc21.[Ru+]. The first-order chi connectivity index (χ1) is 6.79. The van der Waals surface area contributed by atoms with E-state index in [1.807, 2.05) is 13.8 Å². The average Bonchev–Trinajstić information content (AvgIpc) is 2.27. The van der Waals surface area contributed by atoms with Crippen LogP contribution in [0.15, 0.2) is 29.2 Å². The number of fused-ring (bicyclic) bond motifs is 1. The van der Waals surface area contributed by atoms with E-state index >= 15 is 0 Å². The minimum Gasteiger partial charge on any atom is -0.360 e. The van der Waals surface area contributed by atoms with Crippen LogP contribution in [0.4, 0.5) is 0 Å². The number of aromatic nitrogens is 2. The summed E-state index contributed by atoms with van der Waals surface area (Å²) in [5.74, 6) is 0. The molecule has 0 atom stereocenters. The zero-order chi connectivity index (χ0) is 10.6. The maximum absolute atomic E-state index is 11.2. The summed E-state index contributed by atoms with van der Waals surface area (Å²) in [6, 6.07) is 5.04. The van der Waals surface area contributed by atoms with Gasteiger partial charge in [0.1, 0.15) is 0 Å². The molecule has 15 heavy (non-hydrogen) atoms. The summed E-state index contributed by atoms with van der Waals surface area (Å²) >= 11 is 0. The van der Waals surface area contributed by atoms with Gasteiger partial charge in [-0.25, -0.2) is 0 Å². The van der Waals surface area contributed by atoms with Crippen LogP contribution in [0.5, 0.6) is 0 Å². The summed E-state index contributed by atoms with van der Waals surface area (Å²) in [5.41, 5.74) is 0.847. The van der Waals surface area contributed by atoms with Crippen molar-refractivity contribution in [2.24, 2.45) is 7.05 Å². The van der Waals surface area contributed by atoms with Gasteiger partial charge in [0.15, 0.2) is 0 Å². The van der Waals surface area contributed by atoms with Crippen molar-refractivity contribution in [2.45, 2.75) is 13.8 Å². The molecule has 0 amide bonds. The Kier molecular flexibility index (Phi) is 6.03. The van der Waals surface area contributed by atoms with E-state index < -0.39 is 0 Å². The number of rotatable bonds is 0. The third-order valence-corrected chi connectivity index (χ3v) is 1.85. The number of hydrogen-bond donors (Lipinski definition) is 0. The Labute approximate surface area is 102 Å². The maximum Gasteiger partial charge on any atom is 1.00 e. The van der Waals surface area contributed by atoms with Crippen molar-refractivity contribution in [1.29, 1.82) is 0 Å². The van der Waals surface area contributed by atoms with Crippen LogP contribution in [-0.4, -0.2) is 9.55 Å². The Hall–Kier alpha value is -1.02. The minimum atomic E-state index is -0.0119. The first kappa shape index (κ1) is 14.0. The molecule has 0 aliphatic rings. The Morgan fingerprint density at radius 1 is 1.27 bits per heavy atom. The second-order valence-electron chi connectivity index (χ2n) is 2.59. The van der Waals surface area contributed by atoms with Gasteiger partial charge in [-0.1, -0.05) is 20.0 Å². The van der Waals surface area contributed by atoms with E-state index in [4.69, 9.17) is 0 Å². The van der Waals surface area contributed by atoms with Crippen molar-refractivity contribution in [3.8, 4) is 0 Å². The van der Waals surface area contributed by atoms with Crippen LogP contribution in [0.25, 0.3) is 10.9 Å². The third kappa shape index (κ3) is 2.97. The van der Waals surface area contributed by atoms with E-state index in [-0.39, 0.29) is 25.0 Å². The molecule has 0 N–H and O–H groups in total. The quantitative estimate of drug-likeness (QED) is 0.547. The third-order valence-electron chi connectivity index (χ3n) is 1.85. The van der Waals surface area contributed by atoms with Crippen LogP contribution >= 0.6 is 0 Å².